The van der Waals surface area contributed by atoms with E-state index in [1.807, 2.05) is 20.8 Å². The molecule has 0 radical (unpaired) electrons. The fraction of sp³-hybridized carbons (Fsp3) is 0.926. The van der Waals surface area contributed by atoms with Crippen LogP contribution >= 0.6 is 0 Å². The smallest absolute Gasteiger partial charge is 0.306 e. The van der Waals surface area contributed by atoms with E-state index in [-0.39, 0.29) is 55.4 Å². The van der Waals surface area contributed by atoms with E-state index in [0.29, 0.717) is 19.3 Å². The van der Waals surface area contributed by atoms with Crippen LogP contribution in [0.4, 0.5) is 8.78 Å². The highest BCUT2D eigenvalue weighted by molar-refractivity contribution is 5.84. The number of alkyl halides is 2. The van der Waals surface area contributed by atoms with Crippen molar-refractivity contribution in [3.05, 3.63) is 0 Å². The van der Waals surface area contributed by atoms with Crippen molar-refractivity contribution in [3.8, 4) is 0 Å². The van der Waals surface area contributed by atoms with Gasteiger partial charge < -0.3 is 14.9 Å². The summed E-state index contributed by atoms with van der Waals surface area (Å²) in [7, 11) is 0. The molecule has 2 N–H and O–H groups in total. The van der Waals surface area contributed by atoms with Crippen LogP contribution in [0.15, 0.2) is 0 Å². The van der Waals surface area contributed by atoms with E-state index in [2.05, 4.69) is 0 Å². The summed E-state index contributed by atoms with van der Waals surface area (Å²) in [6.45, 7) is 5.69. The van der Waals surface area contributed by atoms with E-state index < -0.39 is 18.1 Å². The normalized spacial score (nSPS) is 21.9. The van der Waals surface area contributed by atoms with Crippen molar-refractivity contribution < 1.29 is 33.3 Å². The van der Waals surface area contributed by atoms with Gasteiger partial charge in [-0.25, -0.2) is 8.78 Å². The maximum Gasteiger partial charge on any atom is 0.306 e. The van der Waals surface area contributed by atoms with Gasteiger partial charge in [0.2, 0.25) is 0 Å². The SMILES string of the molecule is CCCCCCC(F)(F)[C@H](O)CCC1C(O)CC(=O)C1CCCCCCCCC(=O)OC(C)C. The van der Waals surface area contributed by atoms with Crippen LogP contribution < -0.4 is 0 Å². The van der Waals surface area contributed by atoms with Crippen molar-refractivity contribution in [2.45, 2.75) is 148 Å². The highest BCUT2D eigenvalue weighted by atomic mass is 19.3. The Hall–Kier alpha value is -1.08. The number of hydrogen-bond donors (Lipinski definition) is 2. The number of hydrogen-bond acceptors (Lipinski definition) is 5. The third-order valence-electron chi connectivity index (χ3n) is 6.97. The van der Waals surface area contributed by atoms with Gasteiger partial charge in [-0.15, -0.1) is 0 Å². The molecule has 4 atom stereocenters. The molecule has 1 aliphatic rings. The number of Topliss-reactive ketones (excluding diaryl/α,β-unsaturated/α-hetero) is 1. The van der Waals surface area contributed by atoms with E-state index in [4.69, 9.17) is 4.74 Å². The number of halogens is 2. The summed E-state index contributed by atoms with van der Waals surface area (Å²) in [6, 6.07) is 0. The molecule has 1 saturated carbocycles. The van der Waals surface area contributed by atoms with Gasteiger partial charge in [0.1, 0.15) is 11.9 Å². The third kappa shape index (κ3) is 12.1. The standard InChI is InChI=1S/C27H48F2O5/c1-4-5-6-13-18-27(28,29)25(32)17-16-22-21(23(30)19-24(22)31)14-11-9-7-8-10-12-15-26(33)34-20(2)3/h20-22,24-25,31-32H,4-19H2,1-3H3/t21?,22?,24?,25-/m1/s1. The van der Waals surface area contributed by atoms with Crippen molar-refractivity contribution in [1.29, 1.82) is 0 Å². The molecule has 0 saturated heterocycles. The number of aliphatic hydroxyl groups is 2. The number of unbranched alkanes of at least 4 members (excludes halogenated alkanes) is 8. The van der Waals surface area contributed by atoms with Gasteiger partial charge in [-0.3, -0.25) is 9.59 Å². The molecule has 1 aliphatic carbocycles. The summed E-state index contributed by atoms with van der Waals surface area (Å²) in [5, 5.41) is 20.4. The fourth-order valence-electron chi connectivity index (χ4n) is 4.96. The van der Waals surface area contributed by atoms with Gasteiger partial charge in [0.15, 0.2) is 0 Å². The molecule has 200 valence electrons. The lowest BCUT2D eigenvalue weighted by Gasteiger charge is -2.26. The highest BCUT2D eigenvalue weighted by Gasteiger charge is 2.43. The third-order valence-corrected chi connectivity index (χ3v) is 6.97. The first-order valence-electron chi connectivity index (χ1n) is 13.5. The summed E-state index contributed by atoms with van der Waals surface area (Å²) in [5.41, 5.74) is 0. The highest BCUT2D eigenvalue weighted by Crippen LogP contribution is 2.38. The molecule has 7 heteroatoms. The molecule has 0 bridgehead atoms. The van der Waals surface area contributed by atoms with Gasteiger partial charge in [0.05, 0.1) is 12.2 Å². The van der Waals surface area contributed by atoms with E-state index in [1.165, 1.54) is 0 Å². The van der Waals surface area contributed by atoms with Crippen molar-refractivity contribution >= 4 is 11.8 Å². The van der Waals surface area contributed by atoms with Crippen LogP contribution in [0, 0.1) is 11.8 Å². The molecule has 3 unspecified atom stereocenters. The minimum atomic E-state index is -3.12. The lowest BCUT2D eigenvalue weighted by atomic mass is 9.84. The fourth-order valence-corrected chi connectivity index (χ4v) is 4.96. The van der Waals surface area contributed by atoms with Crippen LogP contribution in [0.5, 0.6) is 0 Å². The predicted octanol–water partition coefficient (Wildman–Crippen LogP) is 6.37. The van der Waals surface area contributed by atoms with E-state index >= 15 is 0 Å². The van der Waals surface area contributed by atoms with Crippen molar-refractivity contribution in [3.63, 3.8) is 0 Å². The van der Waals surface area contributed by atoms with Crippen molar-refractivity contribution in [2.24, 2.45) is 11.8 Å². The van der Waals surface area contributed by atoms with Crippen LogP contribution in [0.1, 0.15) is 124 Å². The zero-order valence-electron chi connectivity index (χ0n) is 21.6. The van der Waals surface area contributed by atoms with Crippen LogP contribution in [0.3, 0.4) is 0 Å². The van der Waals surface area contributed by atoms with E-state index in [1.54, 1.807) is 0 Å². The molecule has 0 aliphatic heterocycles. The summed E-state index contributed by atoms with van der Waals surface area (Å²) in [5.74, 6) is -3.90. The van der Waals surface area contributed by atoms with Crippen LogP contribution in [-0.2, 0) is 14.3 Å². The number of esters is 1. The first kappa shape index (κ1) is 31.0. The zero-order chi connectivity index (χ0) is 25.6. The average Bonchev–Trinajstić information content (AvgIpc) is 3.02. The second-order valence-corrected chi connectivity index (χ2v) is 10.4. The minimum absolute atomic E-state index is 0.0157. The van der Waals surface area contributed by atoms with Crippen molar-refractivity contribution in [2.75, 3.05) is 0 Å². The number of carbonyl (C=O) groups excluding carboxylic acids is 2. The Morgan fingerprint density at radius 2 is 1.65 bits per heavy atom. The van der Waals surface area contributed by atoms with Crippen LogP contribution in [0.2, 0.25) is 0 Å². The lowest BCUT2D eigenvalue weighted by molar-refractivity contribution is -0.147. The maximum absolute atomic E-state index is 14.3. The molecular formula is C27H48F2O5. The van der Waals surface area contributed by atoms with Gasteiger partial charge in [-0.2, -0.15) is 0 Å². The predicted molar refractivity (Wildman–Crippen MR) is 130 cm³/mol. The van der Waals surface area contributed by atoms with Gasteiger partial charge in [-0.05, 0) is 51.9 Å². The Labute approximate surface area is 205 Å². The monoisotopic (exact) mass is 490 g/mol. The Morgan fingerprint density at radius 3 is 2.29 bits per heavy atom. The van der Waals surface area contributed by atoms with Crippen LogP contribution in [-0.4, -0.2) is 46.2 Å². The lowest BCUT2D eigenvalue weighted by Crippen LogP contribution is -2.34. The zero-order valence-corrected chi connectivity index (χ0v) is 21.6. The minimum Gasteiger partial charge on any atom is -0.463 e. The number of aliphatic hydroxyl groups excluding tert-OH is 2. The Kier molecular flexibility index (Phi) is 15.1. The summed E-state index contributed by atoms with van der Waals surface area (Å²) < 4.78 is 33.6. The molecule has 0 spiro atoms. The number of carbonyl (C=O) groups is 2. The Morgan fingerprint density at radius 1 is 1.03 bits per heavy atom. The second kappa shape index (κ2) is 16.6. The molecule has 1 rings (SSSR count). The van der Waals surface area contributed by atoms with Crippen molar-refractivity contribution in [1.82, 2.24) is 0 Å². The Balaban J connectivity index is 2.30. The van der Waals surface area contributed by atoms with E-state index in [0.717, 1.165) is 57.8 Å². The van der Waals surface area contributed by atoms with Gasteiger partial charge in [0, 0.05) is 25.2 Å². The molecular weight excluding hydrogens is 442 g/mol. The molecule has 0 heterocycles. The topological polar surface area (TPSA) is 83.8 Å². The average molecular weight is 491 g/mol. The first-order chi connectivity index (χ1) is 16.1. The largest absolute Gasteiger partial charge is 0.463 e. The molecule has 0 amide bonds. The summed E-state index contributed by atoms with van der Waals surface area (Å²) >= 11 is 0. The summed E-state index contributed by atoms with van der Waals surface area (Å²) in [4.78, 5) is 23.9. The molecule has 34 heavy (non-hydrogen) atoms. The number of ketones is 1. The number of rotatable bonds is 19. The molecule has 0 aromatic heterocycles. The Bertz CT molecular complexity index is 581. The van der Waals surface area contributed by atoms with Gasteiger partial charge in [0.25, 0.3) is 5.92 Å². The van der Waals surface area contributed by atoms with Crippen LogP contribution in [0.25, 0.3) is 0 Å². The quantitative estimate of drug-likeness (QED) is 0.162. The van der Waals surface area contributed by atoms with E-state index in [9.17, 15) is 28.6 Å². The molecule has 5 nitrogen and oxygen atoms in total. The number of ether oxygens (including phenoxy) is 1. The maximum atomic E-state index is 14.3. The molecule has 1 fully saturated rings. The summed E-state index contributed by atoms with van der Waals surface area (Å²) in [6.07, 6.45) is 7.05. The second-order valence-electron chi connectivity index (χ2n) is 10.4. The first-order valence-corrected chi connectivity index (χ1v) is 13.5. The van der Waals surface area contributed by atoms with Gasteiger partial charge >= 0.3 is 5.97 Å². The van der Waals surface area contributed by atoms with Gasteiger partial charge in [-0.1, -0.05) is 58.3 Å². The molecule has 0 aromatic carbocycles. The molecule has 0 aromatic rings.